The zero-order chi connectivity index (χ0) is 14.4. The molecule has 0 bridgehead atoms. The van der Waals surface area contributed by atoms with Crippen molar-refractivity contribution < 1.29 is 4.39 Å². The Kier molecular flexibility index (Phi) is 2.50. The number of rotatable bonds is 2. The van der Waals surface area contributed by atoms with Gasteiger partial charge in [0.25, 0.3) is 0 Å². The molecule has 0 radical (unpaired) electrons. The molecule has 0 aliphatic heterocycles. The third-order valence-corrected chi connectivity index (χ3v) is 3.64. The molecule has 0 fully saturated rings. The molecule has 0 saturated carbocycles. The minimum Gasteiger partial charge on any atom is -0.384 e. The molecule has 0 unspecified atom stereocenters. The second kappa shape index (κ2) is 4.37. The molecule has 1 aliphatic carbocycles. The van der Waals surface area contributed by atoms with Crippen molar-refractivity contribution in [2.24, 2.45) is 0 Å². The molecule has 0 spiro atoms. The highest BCUT2D eigenvalue weighted by Crippen LogP contribution is 2.29. The molecule has 0 atom stereocenters. The lowest BCUT2D eigenvalue weighted by atomic mass is 10.2. The summed E-state index contributed by atoms with van der Waals surface area (Å²) < 4.78 is 14.1. The molecule has 3 heterocycles. The van der Waals surface area contributed by atoms with Gasteiger partial charge in [0.15, 0.2) is 17.3 Å². The van der Waals surface area contributed by atoms with Crippen molar-refractivity contribution in [2.45, 2.75) is 19.3 Å². The number of fused-ring (bicyclic) bond motifs is 2. The number of nitrogens with zero attached hydrogens (tertiary/aromatic N) is 4. The van der Waals surface area contributed by atoms with Crippen LogP contribution in [0.15, 0.2) is 12.4 Å². The first-order valence-corrected chi connectivity index (χ1v) is 6.62. The highest BCUT2D eigenvalue weighted by Gasteiger charge is 2.19. The van der Waals surface area contributed by atoms with Crippen LogP contribution in [0.1, 0.15) is 17.7 Å². The van der Waals surface area contributed by atoms with Crippen LogP contribution in [0.4, 0.5) is 21.8 Å². The van der Waals surface area contributed by atoms with Gasteiger partial charge in [0, 0.05) is 11.3 Å². The first-order valence-electron chi connectivity index (χ1n) is 6.62. The minimum atomic E-state index is -0.499. The number of nitrogen functional groups attached to an aromatic ring is 1. The molecule has 1 aliphatic rings. The monoisotopic (exact) mass is 285 g/mol. The van der Waals surface area contributed by atoms with Crippen LogP contribution in [-0.2, 0) is 12.8 Å². The maximum absolute atomic E-state index is 14.1. The second-order valence-corrected chi connectivity index (χ2v) is 4.95. The van der Waals surface area contributed by atoms with Gasteiger partial charge in [-0.1, -0.05) is 0 Å². The highest BCUT2D eigenvalue weighted by molar-refractivity contribution is 5.87. The summed E-state index contributed by atoms with van der Waals surface area (Å²) in [6, 6.07) is 1.31. The van der Waals surface area contributed by atoms with Crippen molar-refractivity contribution >= 4 is 28.5 Å². The number of halogens is 1. The van der Waals surface area contributed by atoms with Gasteiger partial charge in [-0.3, -0.25) is 5.10 Å². The van der Waals surface area contributed by atoms with E-state index in [1.165, 1.54) is 12.4 Å². The number of aromatic nitrogens is 5. The van der Waals surface area contributed by atoms with Gasteiger partial charge < -0.3 is 11.1 Å². The summed E-state index contributed by atoms with van der Waals surface area (Å²) in [5.41, 5.74) is 8.06. The molecule has 8 heteroatoms. The van der Waals surface area contributed by atoms with Crippen LogP contribution in [-0.4, -0.2) is 25.1 Å². The topological polar surface area (TPSA) is 105 Å². The predicted molar refractivity (Wildman–Crippen MR) is 75.6 cm³/mol. The molecule has 7 nitrogen and oxygen atoms in total. The van der Waals surface area contributed by atoms with Crippen LogP contribution < -0.4 is 11.1 Å². The normalized spacial score (nSPS) is 13.6. The Balaban J connectivity index is 1.78. The quantitative estimate of drug-likeness (QED) is 0.662. The number of H-pyrrole nitrogens is 1. The number of anilines is 3. The van der Waals surface area contributed by atoms with Crippen LogP contribution in [0, 0.1) is 5.82 Å². The van der Waals surface area contributed by atoms with Gasteiger partial charge in [-0.25, -0.2) is 19.3 Å². The molecule has 106 valence electrons. The summed E-state index contributed by atoms with van der Waals surface area (Å²) in [5, 5.41) is 9.92. The summed E-state index contributed by atoms with van der Waals surface area (Å²) in [4.78, 5) is 12.6. The molecule has 0 saturated heterocycles. The standard InChI is InChI=1S/C13H12FN7/c14-8-4-7-10(15)20-21-12(7)19-13(8)18-11-6-2-1-3-9(6)16-5-17-11/h4-5H,1-3H2,(H4,15,16,17,18,19,20,21). The highest BCUT2D eigenvalue weighted by atomic mass is 19.1. The van der Waals surface area contributed by atoms with Gasteiger partial charge in [-0.05, 0) is 25.3 Å². The largest absolute Gasteiger partial charge is 0.384 e. The van der Waals surface area contributed by atoms with E-state index in [4.69, 9.17) is 5.73 Å². The van der Waals surface area contributed by atoms with Crippen molar-refractivity contribution in [1.29, 1.82) is 0 Å². The van der Waals surface area contributed by atoms with Crippen molar-refractivity contribution in [3.8, 4) is 0 Å². The van der Waals surface area contributed by atoms with Gasteiger partial charge in [-0.2, -0.15) is 5.10 Å². The number of aryl methyl sites for hydroxylation is 1. The predicted octanol–water partition coefficient (Wildman–Crippen LogP) is 1.70. The van der Waals surface area contributed by atoms with Crippen LogP contribution in [0.25, 0.3) is 11.0 Å². The SMILES string of the molecule is Nc1[nH]nc2nc(Nc3ncnc4c3CCC4)c(F)cc12. The third-order valence-electron chi connectivity index (χ3n) is 3.64. The van der Waals surface area contributed by atoms with E-state index in [9.17, 15) is 4.39 Å². The Bertz CT molecular complexity index is 842. The Morgan fingerprint density at radius 3 is 3.05 bits per heavy atom. The number of nitrogens with one attached hydrogen (secondary N) is 2. The van der Waals surface area contributed by atoms with Crippen LogP contribution in [0.3, 0.4) is 0 Å². The number of hydrogen-bond acceptors (Lipinski definition) is 6. The first-order chi connectivity index (χ1) is 10.2. The Hall–Kier alpha value is -2.77. The second-order valence-electron chi connectivity index (χ2n) is 4.95. The van der Waals surface area contributed by atoms with Gasteiger partial charge in [0.1, 0.15) is 18.0 Å². The first kappa shape index (κ1) is 12.0. The maximum atomic E-state index is 14.1. The molecule has 4 rings (SSSR count). The van der Waals surface area contributed by atoms with E-state index in [2.05, 4.69) is 30.5 Å². The fourth-order valence-corrected chi connectivity index (χ4v) is 2.60. The lowest BCUT2D eigenvalue weighted by Crippen LogP contribution is -2.04. The average molecular weight is 285 g/mol. The van der Waals surface area contributed by atoms with E-state index in [1.807, 2.05) is 0 Å². The van der Waals surface area contributed by atoms with Crippen LogP contribution in [0.2, 0.25) is 0 Å². The summed E-state index contributed by atoms with van der Waals surface area (Å²) in [7, 11) is 0. The summed E-state index contributed by atoms with van der Waals surface area (Å²) in [6.07, 6.45) is 4.33. The average Bonchev–Trinajstić information content (AvgIpc) is 3.08. The molecule has 0 aromatic carbocycles. The molecular formula is C13H12FN7. The number of aromatic amines is 1. The molecule has 3 aromatic heterocycles. The third kappa shape index (κ3) is 1.87. The van der Waals surface area contributed by atoms with Crippen LogP contribution in [0.5, 0.6) is 0 Å². The maximum Gasteiger partial charge on any atom is 0.185 e. The van der Waals surface area contributed by atoms with Crippen molar-refractivity contribution in [2.75, 3.05) is 11.1 Å². The Morgan fingerprint density at radius 1 is 1.24 bits per heavy atom. The molecule has 21 heavy (non-hydrogen) atoms. The smallest absolute Gasteiger partial charge is 0.185 e. The molecule has 0 amide bonds. The zero-order valence-corrected chi connectivity index (χ0v) is 11.0. The summed E-state index contributed by atoms with van der Waals surface area (Å²) >= 11 is 0. The molecule has 4 N–H and O–H groups in total. The molecule has 3 aromatic rings. The van der Waals surface area contributed by atoms with E-state index < -0.39 is 5.82 Å². The van der Waals surface area contributed by atoms with E-state index in [0.29, 0.717) is 22.7 Å². The minimum absolute atomic E-state index is 0.0850. The number of nitrogens with two attached hydrogens (primary N) is 1. The van der Waals surface area contributed by atoms with Gasteiger partial charge in [-0.15, -0.1) is 0 Å². The lowest BCUT2D eigenvalue weighted by molar-refractivity contribution is 0.629. The van der Waals surface area contributed by atoms with Crippen molar-refractivity contribution in [3.63, 3.8) is 0 Å². The van der Waals surface area contributed by atoms with E-state index in [1.54, 1.807) is 0 Å². The van der Waals surface area contributed by atoms with Gasteiger partial charge >= 0.3 is 0 Å². The fraction of sp³-hybridized carbons (Fsp3) is 0.231. The summed E-state index contributed by atoms with van der Waals surface area (Å²) in [6.45, 7) is 0. The van der Waals surface area contributed by atoms with Crippen molar-refractivity contribution in [1.82, 2.24) is 25.1 Å². The van der Waals surface area contributed by atoms with Crippen molar-refractivity contribution in [3.05, 3.63) is 29.5 Å². The molecular weight excluding hydrogens is 273 g/mol. The van der Waals surface area contributed by atoms with E-state index >= 15 is 0 Å². The zero-order valence-electron chi connectivity index (χ0n) is 11.0. The fourth-order valence-electron chi connectivity index (χ4n) is 2.60. The van der Waals surface area contributed by atoms with Gasteiger partial charge in [0.05, 0.1) is 5.39 Å². The summed E-state index contributed by atoms with van der Waals surface area (Å²) in [5.74, 6) is 0.486. The van der Waals surface area contributed by atoms with E-state index in [0.717, 1.165) is 30.5 Å². The van der Waals surface area contributed by atoms with Crippen LogP contribution >= 0.6 is 0 Å². The Morgan fingerprint density at radius 2 is 2.14 bits per heavy atom. The number of pyridine rings is 1. The lowest BCUT2D eigenvalue weighted by Gasteiger charge is -2.09. The number of hydrogen-bond donors (Lipinski definition) is 3. The van der Waals surface area contributed by atoms with E-state index in [-0.39, 0.29) is 5.82 Å². The Labute approximate surface area is 118 Å². The van der Waals surface area contributed by atoms with Gasteiger partial charge in [0.2, 0.25) is 0 Å².